The number of anilines is 1. The number of hydrogen-bond acceptors (Lipinski definition) is 8. The van der Waals surface area contributed by atoms with Crippen molar-refractivity contribution >= 4 is 28.7 Å². The van der Waals surface area contributed by atoms with E-state index in [0.717, 1.165) is 54.4 Å². The second-order valence-electron chi connectivity index (χ2n) is 9.94. The number of ether oxygens (including phenoxy) is 1. The molecule has 0 spiro atoms. The van der Waals surface area contributed by atoms with Crippen molar-refractivity contribution in [3.63, 3.8) is 0 Å². The number of rotatable bonds is 11. The lowest BCUT2D eigenvalue weighted by atomic mass is 10.1. The Labute approximate surface area is 249 Å². The van der Waals surface area contributed by atoms with Gasteiger partial charge < -0.3 is 15.0 Å². The number of nitrogens with one attached hydrogen (secondary N) is 1. The van der Waals surface area contributed by atoms with Gasteiger partial charge in [-0.05, 0) is 62.5 Å². The number of carbonyl (C=O) groups is 1. The molecule has 1 fully saturated rings. The summed E-state index contributed by atoms with van der Waals surface area (Å²) in [6, 6.07) is 10.3. The van der Waals surface area contributed by atoms with E-state index in [-0.39, 0.29) is 19.4 Å². The highest BCUT2D eigenvalue weighted by Gasteiger charge is 2.27. The Hall–Kier alpha value is -3.34. The molecule has 1 aliphatic heterocycles. The largest absolute Gasteiger partial charge is 0.383 e. The highest BCUT2D eigenvalue weighted by Crippen LogP contribution is 2.31. The predicted molar refractivity (Wildman–Crippen MR) is 170 cm³/mol. The Morgan fingerprint density at radius 2 is 2.02 bits per heavy atom. The third kappa shape index (κ3) is 6.94. The van der Waals surface area contributed by atoms with Gasteiger partial charge in [-0.2, -0.15) is 5.10 Å². The van der Waals surface area contributed by atoms with Crippen molar-refractivity contribution in [3.05, 3.63) is 53.7 Å². The van der Waals surface area contributed by atoms with Crippen LogP contribution < -0.4 is 10.2 Å². The summed E-state index contributed by atoms with van der Waals surface area (Å²) in [6.45, 7) is 14.4. The fourth-order valence-electron chi connectivity index (χ4n) is 5.36. The van der Waals surface area contributed by atoms with Gasteiger partial charge in [-0.1, -0.05) is 33.8 Å². The van der Waals surface area contributed by atoms with Gasteiger partial charge in [-0.25, -0.2) is 14.5 Å². The van der Waals surface area contributed by atoms with E-state index in [9.17, 15) is 4.79 Å². The summed E-state index contributed by atoms with van der Waals surface area (Å²) in [5.74, 6) is 0.674. The maximum atomic E-state index is 13.5. The minimum absolute atomic E-state index is 0. The first-order valence-corrected chi connectivity index (χ1v) is 15.6. The van der Waals surface area contributed by atoms with E-state index in [1.807, 2.05) is 49.7 Å². The number of likely N-dealkylation sites (N-methyl/N-ethyl adjacent to an activating group) is 1. The molecule has 222 valence electrons. The predicted octanol–water partition coefficient (Wildman–Crippen LogP) is 5.87. The van der Waals surface area contributed by atoms with E-state index in [1.165, 1.54) is 0 Å². The van der Waals surface area contributed by atoms with Crippen molar-refractivity contribution in [2.45, 2.75) is 59.5 Å². The first-order chi connectivity index (χ1) is 20.0. The van der Waals surface area contributed by atoms with Gasteiger partial charge >= 0.3 is 0 Å². The van der Waals surface area contributed by atoms with Crippen molar-refractivity contribution in [1.82, 2.24) is 29.8 Å². The van der Waals surface area contributed by atoms with Crippen molar-refractivity contribution in [3.8, 4) is 21.8 Å². The van der Waals surface area contributed by atoms with Crippen LogP contribution >= 0.6 is 11.3 Å². The minimum atomic E-state index is -0.106. The van der Waals surface area contributed by atoms with Crippen molar-refractivity contribution in [2.24, 2.45) is 0 Å². The molecule has 0 saturated carbocycles. The molecule has 2 atom stereocenters. The quantitative estimate of drug-likeness (QED) is 0.238. The second-order valence-corrected chi connectivity index (χ2v) is 10.9. The number of fused-ring (bicyclic) bond motifs is 1. The maximum Gasteiger partial charge on any atom is 0.251 e. The molecule has 0 aromatic carbocycles. The number of nitrogens with zero attached hydrogens (tertiary/aromatic N) is 6. The third-order valence-corrected chi connectivity index (χ3v) is 8.41. The summed E-state index contributed by atoms with van der Waals surface area (Å²) in [5.41, 5.74) is 3.66. The number of amides is 1. The number of pyridine rings is 1. The zero-order chi connectivity index (χ0) is 29.4. The topological polar surface area (TPSA) is 87.9 Å². The van der Waals surface area contributed by atoms with E-state index < -0.39 is 0 Å². The molecular formula is C31H45N7O2S. The number of methoxy groups -OCH3 is 1. The molecule has 1 saturated heterocycles. The number of aromatic nitrogens is 4. The van der Waals surface area contributed by atoms with E-state index in [1.54, 1.807) is 29.2 Å². The van der Waals surface area contributed by atoms with Crippen LogP contribution in [0.25, 0.3) is 27.5 Å². The van der Waals surface area contributed by atoms with Crippen LogP contribution in [0.5, 0.6) is 0 Å². The average Bonchev–Trinajstić information content (AvgIpc) is 3.79. The fourth-order valence-corrected chi connectivity index (χ4v) is 6.06. The van der Waals surface area contributed by atoms with E-state index in [0.29, 0.717) is 30.1 Å². The molecule has 9 nitrogen and oxygen atoms in total. The van der Waals surface area contributed by atoms with Crippen LogP contribution in [0.2, 0.25) is 0 Å². The number of hydrogen-bond donors (Lipinski definition) is 1. The summed E-state index contributed by atoms with van der Waals surface area (Å²) in [7, 11) is 1.73. The molecule has 0 radical (unpaired) electrons. The number of thiophene rings is 1. The molecule has 41 heavy (non-hydrogen) atoms. The van der Waals surface area contributed by atoms with Crippen LogP contribution in [0, 0.1) is 0 Å². The molecule has 1 N–H and O–H groups in total. The molecule has 1 aliphatic rings. The standard InChI is InChI=1S/C29H37N7O2S.C2H6.H2/c1-5-34(6-2)20(3)17-30-29(37)21-15-25(32-27(16-21)35-12-7-9-22(35)19-38-4)23-18-31-36-13-11-24(33-28(23)36)26-10-8-14-39-26;1-2;/h8,10-11,13-16,18,20,22H,5-7,9,12,17,19H2,1-4H3,(H,30,37);1-2H3;1H/t20-,22-;;/m0../s1. The lowest BCUT2D eigenvalue weighted by Gasteiger charge is -2.27. The molecule has 5 heterocycles. The minimum Gasteiger partial charge on any atom is -0.383 e. The molecule has 1 amide bonds. The SMILES string of the molecule is CC.CCN(CC)[C@@H](C)CNC(=O)c1cc(-c2cnn3ccc(-c4cccs4)nc23)nc(N2CCC[C@H]2COC)c1.[HH]. The highest BCUT2D eigenvalue weighted by molar-refractivity contribution is 7.13. The van der Waals surface area contributed by atoms with Gasteiger partial charge in [-0.15, -0.1) is 11.3 Å². The Bertz CT molecular complexity index is 1410. The molecule has 10 heteroatoms. The van der Waals surface area contributed by atoms with Gasteiger partial charge in [0.2, 0.25) is 0 Å². The zero-order valence-corrected chi connectivity index (χ0v) is 25.9. The van der Waals surface area contributed by atoms with Crippen LogP contribution in [-0.4, -0.2) is 82.4 Å². The summed E-state index contributed by atoms with van der Waals surface area (Å²) >= 11 is 1.65. The third-order valence-electron chi connectivity index (χ3n) is 7.52. The van der Waals surface area contributed by atoms with Gasteiger partial charge in [0.25, 0.3) is 5.91 Å². The molecule has 0 unspecified atom stereocenters. The second kappa shape index (κ2) is 14.5. The van der Waals surface area contributed by atoms with Gasteiger partial charge in [0.1, 0.15) is 5.82 Å². The molecular weight excluding hydrogens is 534 g/mol. The van der Waals surface area contributed by atoms with Crippen LogP contribution in [0.3, 0.4) is 0 Å². The summed E-state index contributed by atoms with van der Waals surface area (Å²) in [6.07, 6.45) is 5.80. The monoisotopic (exact) mass is 579 g/mol. The van der Waals surface area contributed by atoms with Crippen LogP contribution in [-0.2, 0) is 4.74 Å². The van der Waals surface area contributed by atoms with Crippen molar-refractivity contribution in [1.29, 1.82) is 0 Å². The fraction of sp³-hybridized carbons (Fsp3) is 0.484. The Kier molecular flexibility index (Phi) is 10.8. The van der Waals surface area contributed by atoms with Crippen LogP contribution in [0.15, 0.2) is 48.1 Å². The van der Waals surface area contributed by atoms with E-state index in [4.69, 9.17) is 14.7 Å². The lowest BCUT2D eigenvalue weighted by molar-refractivity contribution is 0.0938. The first-order valence-electron chi connectivity index (χ1n) is 14.7. The molecule has 5 rings (SSSR count). The molecule has 0 aliphatic carbocycles. The highest BCUT2D eigenvalue weighted by atomic mass is 32.1. The van der Waals surface area contributed by atoms with Gasteiger partial charge in [-0.3, -0.25) is 9.69 Å². The number of carbonyl (C=O) groups excluding carboxylic acids is 1. The smallest absolute Gasteiger partial charge is 0.251 e. The normalized spacial score (nSPS) is 15.7. The van der Waals surface area contributed by atoms with Crippen LogP contribution in [0.4, 0.5) is 5.82 Å². The van der Waals surface area contributed by atoms with Crippen molar-refractivity contribution < 1.29 is 11.0 Å². The zero-order valence-electron chi connectivity index (χ0n) is 25.1. The van der Waals surface area contributed by atoms with Gasteiger partial charge in [0.05, 0.1) is 40.7 Å². The summed E-state index contributed by atoms with van der Waals surface area (Å²) < 4.78 is 7.26. The van der Waals surface area contributed by atoms with Crippen molar-refractivity contribution in [2.75, 3.05) is 44.8 Å². The Balaban J connectivity index is 0.00000158. The van der Waals surface area contributed by atoms with E-state index >= 15 is 0 Å². The lowest BCUT2D eigenvalue weighted by Crippen LogP contribution is -2.42. The van der Waals surface area contributed by atoms with Crippen LogP contribution in [0.1, 0.15) is 59.2 Å². The molecule has 4 aromatic rings. The Morgan fingerprint density at radius 3 is 2.73 bits per heavy atom. The van der Waals surface area contributed by atoms with E-state index in [2.05, 4.69) is 47.1 Å². The molecule has 4 aromatic heterocycles. The first kappa shape index (κ1) is 30.6. The maximum absolute atomic E-state index is 13.5. The average molecular weight is 580 g/mol. The Morgan fingerprint density at radius 1 is 1.22 bits per heavy atom. The summed E-state index contributed by atoms with van der Waals surface area (Å²) in [4.78, 5) is 29.2. The summed E-state index contributed by atoms with van der Waals surface area (Å²) in [5, 5.41) is 9.74. The van der Waals surface area contributed by atoms with Gasteiger partial charge in [0.15, 0.2) is 5.65 Å². The molecule has 0 bridgehead atoms. The van der Waals surface area contributed by atoms with Gasteiger partial charge in [0, 0.05) is 39.4 Å².